The van der Waals surface area contributed by atoms with E-state index in [1.165, 1.54) is 11.3 Å². The predicted molar refractivity (Wildman–Crippen MR) is 114 cm³/mol. The first-order valence-corrected chi connectivity index (χ1v) is 10.5. The molecule has 1 aromatic carbocycles. The Morgan fingerprint density at radius 2 is 1.80 bits per heavy atom. The van der Waals surface area contributed by atoms with Crippen molar-refractivity contribution >= 4 is 17.6 Å². The Bertz CT molecular complexity index is 818. The number of carbonyl (C=O) groups excluding carboxylic acids is 2. The Labute approximate surface area is 177 Å². The lowest BCUT2D eigenvalue weighted by Crippen LogP contribution is -2.41. The fourth-order valence-electron chi connectivity index (χ4n) is 3.60. The van der Waals surface area contributed by atoms with E-state index < -0.39 is 18.0 Å². The minimum absolute atomic E-state index is 0.250. The van der Waals surface area contributed by atoms with Gasteiger partial charge in [-0.05, 0) is 55.0 Å². The van der Waals surface area contributed by atoms with Gasteiger partial charge in [-0.2, -0.15) is 0 Å². The van der Waals surface area contributed by atoms with Crippen LogP contribution < -0.4 is 15.4 Å². The summed E-state index contributed by atoms with van der Waals surface area (Å²) in [7, 11) is 0. The number of anilines is 1. The van der Waals surface area contributed by atoms with Crippen LogP contribution in [0.2, 0.25) is 0 Å². The number of primary amides is 1. The molecule has 1 atom stereocenters. The third-order valence-corrected chi connectivity index (χ3v) is 5.34. The first-order chi connectivity index (χ1) is 14.6. The number of aromatic nitrogens is 1. The lowest BCUT2D eigenvalue weighted by molar-refractivity contribution is -0.155. The third-order valence-electron chi connectivity index (χ3n) is 5.34. The fraction of sp³-hybridized carbons (Fsp3) is 0.435. The van der Waals surface area contributed by atoms with Crippen LogP contribution in [-0.4, -0.2) is 42.7 Å². The number of carbonyl (C=O) groups is 2. The summed E-state index contributed by atoms with van der Waals surface area (Å²) < 4.78 is 10.6. The van der Waals surface area contributed by atoms with E-state index in [9.17, 15) is 9.59 Å². The van der Waals surface area contributed by atoms with Crippen molar-refractivity contribution in [3.8, 4) is 5.75 Å². The molecule has 160 valence electrons. The van der Waals surface area contributed by atoms with Crippen LogP contribution in [-0.2, 0) is 14.3 Å². The number of pyridine rings is 1. The Balaban J connectivity index is 1.55. The van der Waals surface area contributed by atoms with Crippen molar-refractivity contribution in [2.75, 3.05) is 24.6 Å². The zero-order valence-electron chi connectivity index (χ0n) is 17.3. The number of hydrogen-bond donors (Lipinski definition) is 1. The number of nitrogens with zero attached hydrogens (tertiary/aromatic N) is 2. The molecule has 2 aromatic rings. The van der Waals surface area contributed by atoms with Gasteiger partial charge in [-0.25, -0.2) is 4.79 Å². The molecule has 0 spiro atoms. The second kappa shape index (κ2) is 10.6. The summed E-state index contributed by atoms with van der Waals surface area (Å²) in [4.78, 5) is 30.1. The number of benzene rings is 1. The quantitative estimate of drug-likeness (QED) is 0.387. The van der Waals surface area contributed by atoms with Crippen LogP contribution in [0, 0.1) is 0 Å². The van der Waals surface area contributed by atoms with Gasteiger partial charge in [-0.1, -0.05) is 25.5 Å². The minimum Gasteiger partial charge on any atom is -0.469 e. The smallest absolute Gasteiger partial charge is 0.357 e. The maximum atomic E-state index is 12.1. The van der Waals surface area contributed by atoms with Gasteiger partial charge in [0.05, 0.1) is 6.61 Å². The molecule has 2 N–H and O–H groups in total. The minimum atomic E-state index is -1.43. The normalized spacial score (nSPS) is 15.4. The average molecular weight is 412 g/mol. The second-order valence-electron chi connectivity index (χ2n) is 7.46. The van der Waals surface area contributed by atoms with Crippen LogP contribution >= 0.6 is 0 Å². The highest BCUT2D eigenvalue weighted by Gasteiger charge is 2.28. The van der Waals surface area contributed by atoms with Gasteiger partial charge in [-0.15, -0.1) is 0 Å². The highest BCUT2D eigenvalue weighted by atomic mass is 16.6. The lowest BCUT2D eigenvalue weighted by Gasteiger charge is -2.33. The van der Waals surface area contributed by atoms with Crippen molar-refractivity contribution < 1.29 is 19.1 Å². The Morgan fingerprint density at radius 1 is 1.13 bits per heavy atom. The summed E-state index contributed by atoms with van der Waals surface area (Å²) >= 11 is 0. The fourth-order valence-corrected chi connectivity index (χ4v) is 3.60. The van der Waals surface area contributed by atoms with E-state index >= 15 is 0 Å². The van der Waals surface area contributed by atoms with Crippen molar-refractivity contribution in [3.63, 3.8) is 0 Å². The molecule has 1 aliphatic rings. The first kappa shape index (κ1) is 21.6. The molecule has 7 nitrogen and oxygen atoms in total. The van der Waals surface area contributed by atoms with Crippen LogP contribution in [0.1, 0.15) is 44.1 Å². The molecule has 7 heteroatoms. The number of hydrogen-bond acceptors (Lipinski definition) is 6. The van der Waals surface area contributed by atoms with Gasteiger partial charge in [0, 0.05) is 31.2 Å². The third kappa shape index (κ3) is 5.72. The number of rotatable bonds is 9. The van der Waals surface area contributed by atoms with Crippen molar-refractivity contribution in [2.45, 2.75) is 44.6 Å². The molecule has 0 aliphatic carbocycles. The van der Waals surface area contributed by atoms with Gasteiger partial charge < -0.3 is 20.1 Å². The van der Waals surface area contributed by atoms with Gasteiger partial charge in [0.25, 0.3) is 12.0 Å². The molecule has 30 heavy (non-hydrogen) atoms. The highest BCUT2D eigenvalue weighted by molar-refractivity contribution is 6.00. The number of unbranched alkanes of at least 4 members (excludes halogenated alkanes) is 1. The Morgan fingerprint density at radius 3 is 2.40 bits per heavy atom. The summed E-state index contributed by atoms with van der Waals surface area (Å²) in [6.07, 6.45) is 5.92. The largest absolute Gasteiger partial charge is 0.469 e. The van der Waals surface area contributed by atoms with Crippen molar-refractivity contribution in [1.29, 1.82) is 0 Å². The molecular weight excluding hydrogens is 382 g/mol. The summed E-state index contributed by atoms with van der Waals surface area (Å²) in [6.45, 7) is 4.21. The SMILES string of the molecule is CCCCOC(=O)C(Oc1ccc(C2CCN(c3ccncc3)CC2)cc1)C(N)=O. The zero-order chi connectivity index (χ0) is 21.3. The Kier molecular flexibility index (Phi) is 7.65. The summed E-state index contributed by atoms with van der Waals surface area (Å²) in [5.74, 6) is -0.722. The molecule has 2 heterocycles. The molecule has 3 rings (SSSR count). The van der Waals surface area contributed by atoms with Crippen molar-refractivity contribution in [1.82, 2.24) is 4.98 Å². The van der Waals surface area contributed by atoms with Crippen LogP contribution in [0.3, 0.4) is 0 Å². The summed E-state index contributed by atoms with van der Waals surface area (Å²) in [5.41, 5.74) is 7.75. The summed E-state index contributed by atoms with van der Waals surface area (Å²) in [6, 6.07) is 11.6. The average Bonchev–Trinajstić information content (AvgIpc) is 2.78. The lowest BCUT2D eigenvalue weighted by atomic mass is 9.89. The van der Waals surface area contributed by atoms with Crippen LogP contribution in [0.25, 0.3) is 0 Å². The highest BCUT2D eigenvalue weighted by Crippen LogP contribution is 2.31. The standard InChI is InChI=1S/C23H29N3O4/c1-2-3-16-29-23(28)21(22(24)27)30-20-6-4-17(5-7-20)18-10-14-26(15-11-18)19-8-12-25-13-9-19/h4-9,12-13,18,21H,2-3,10-11,14-16H2,1H3,(H2,24,27). The number of ether oxygens (including phenoxy) is 2. The number of piperidine rings is 1. The number of nitrogens with two attached hydrogens (primary N) is 1. The van der Waals surface area contributed by atoms with Gasteiger partial charge >= 0.3 is 5.97 Å². The van der Waals surface area contributed by atoms with Gasteiger partial charge in [0.2, 0.25) is 0 Å². The maximum Gasteiger partial charge on any atom is 0.357 e. The predicted octanol–water partition coefficient (Wildman–Crippen LogP) is 3.04. The molecule has 0 radical (unpaired) electrons. The molecule has 0 bridgehead atoms. The molecule has 1 amide bonds. The first-order valence-electron chi connectivity index (χ1n) is 10.5. The molecule has 0 saturated carbocycles. The number of amides is 1. The molecule has 1 unspecified atom stereocenters. The summed E-state index contributed by atoms with van der Waals surface area (Å²) in [5, 5.41) is 0. The molecular formula is C23H29N3O4. The van der Waals surface area contributed by atoms with E-state index in [4.69, 9.17) is 15.2 Å². The van der Waals surface area contributed by atoms with E-state index in [2.05, 4.69) is 9.88 Å². The van der Waals surface area contributed by atoms with Crippen LogP contribution in [0.15, 0.2) is 48.8 Å². The van der Waals surface area contributed by atoms with E-state index in [0.29, 0.717) is 11.7 Å². The van der Waals surface area contributed by atoms with Crippen molar-refractivity contribution in [2.24, 2.45) is 5.73 Å². The Hall–Kier alpha value is -3.09. The van der Waals surface area contributed by atoms with Gasteiger partial charge in [-0.3, -0.25) is 9.78 Å². The van der Waals surface area contributed by atoms with Gasteiger partial charge in [0.15, 0.2) is 0 Å². The second-order valence-corrected chi connectivity index (χ2v) is 7.46. The zero-order valence-corrected chi connectivity index (χ0v) is 17.3. The molecule has 1 aliphatic heterocycles. The molecule has 1 saturated heterocycles. The van der Waals surface area contributed by atoms with E-state index in [0.717, 1.165) is 38.8 Å². The van der Waals surface area contributed by atoms with E-state index in [1.807, 2.05) is 43.6 Å². The molecule has 1 fully saturated rings. The van der Waals surface area contributed by atoms with E-state index in [1.54, 1.807) is 12.1 Å². The van der Waals surface area contributed by atoms with E-state index in [-0.39, 0.29) is 6.61 Å². The van der Waals surface area contributed by atoms with Crippen molar-refractivity contribution in [3.05, 3.63) is 54.4 Å². The molecule has 1 aromatic heterocycles. The monoisotopic (exact) mass is 411 g/mol. The van der Waals surface area contributed by atoms with Gasteiger partial charge in [0.1, 0.15) is 5.75 Å². The number of esters is 1. The topological polar surface area (TPSA) is 94.8 Å². The van der Waals surface area contributed by atoms with Crippen LogP contribution in [0.5, 0.6) is 5.75 Å². The maximum absolute atomic E-state index is 12.1. The van der Waals surface area contributed by atoms with Crippen LogP contribution in [0.4, 0.5) is 5.69 Å².